The van der Waals surface area contributed by atoms with Crippen molar-refractivity contribution < 1.29 is 9.53 Å². The van der Waals surface area contributed by atoms with Gasteiger partial charge in [0.25, 0.3) is 0 Å². The highest BCUT2D eigenvalue weighted by Gasteiger charge is 2.13. The highest BCUT2D eigenvalue weighted by Crippen LogP contribution is 2.19. The second-order valence-corrected chi connectivity index (χ2v) is 5.30. The number of rotatable bonds is 4. The molecule has 0 saturated carbocycles. The number of esters is 1. The van der Waals surface area contributed by atoms with Crippen molar-refractivity contribution in [1.29, 1.82) is 0 Å². The molecule has 0 aliphatic carbocycles. The first-order valence-corrected chi connectivity index (χ1v) is 7.13. The smallest absolute Gasteiger partial charge is 0.340 e. The first-order chi connectivity index (χ1) is 10.6. The van der Waals surface area contributed by atoms with Gasteiger partial charge >= 0.3 is 5.97 Å². The molecule has 3 nitrogen and oxygen atoms in total. The first-order valence-electron chi connectivity index (χ1n) is 7.13. The van der Waals surface area contributed by atoms with Crippen LogP contribution in [-0.2, 0) is 11.3 Å². The number of allylic oxidation sites excluding steroid dienone is 1. The van der Waals surface area contributed by atoms with Crippen LogP contribution in [0.3, 0.4) is 0 Å². The van der Waals surface area contributed by atoms with E-state index in [1.165, 1.54) is 0 Å². The summed E-state index contributed by atoms with van der Waals surface area (Å²) >= 11 is 0. The Bertz CT molecular complexity index is 828. The summed E-state index contributed by atoms with van der Waals surface area (Å²) in [5.41, 5.74) is 4.56. The lowest BCUT2D eigenvalue weighted by molar-refractivity contribution is 0.0475. The number of benzene rings is 2. The Kier molecular flexibility index (Phi) is 3.79. The zero-order valence-electron chi connectivity index (χ0n) is 12.4. The molecule has 22 heavy (non-hydrogen) atoms. The van der Waals surface area contributed by atoms with Gasteiger partial charge in [0, 0.05) is 17.1 Å². The summed E-state index contributed by atoms with van der Waals surface area (Å²) < 4.78 is 5.40. The second-order valence-electron chi connectivity index (χ2n) is 5.30. The Morgan fingerprint density at radius 2 is 1.86 bits per heavy atom. The topological polar surface area (TPSA) is 42.1 Å². The van der Waals surface area contributed by atoms with Crippen LogP contribution in [0.4, 0.5) is 0 Å². The summed E-state index contributed by atoms with van der Waals surface area (Å²) in [5.74, 6) is -0.318. The lowest BCUT2D eigenvalue weighted by Gasteiger charge is -2.06. The van der Waals surface area contributed by atoms with Crippen LogP contribution in [0.1, 0.15) is 28.4 Å². The monoisotopic (exact) mass is 291 g/mol. The van der Waals surface area contributed by atoms with Crippen molar-refractivity contribution in [2.24, 2.45) is 0 Å². The quantitative estimate of drug-likeness (QED) is 0.716. The predicted molar refractivity (Wildman–Crippen MR) is 88.6 cm³/mol. The molecule has 0 aliphatic heterocycles. The Hall–Kier alpha value is -2.81. The van der Waals surface area contributed by atoms with Gasteiger partial charge in [-0.1, -0.05) is 54.6 Å². The fraction of sp³-hybridized carbons (Fsp3) is 0.105. The molecular formula is C19H17NO2. The van der Waals surface area contributed by atoms with Crippen molar-refractivity contribution in [3.63, 3.8) is 0 Å². The van der Waals surface area contributed by atoms with Crippen molar-refractivity contribution in [2.45, 2.75) is 13.5 Å². The number of aromatic nitrogens is 1. The van der Waals surface area contributed by atoms with E-state index in [0.29, 0.717) is 5.56 Å². The molecule has 1 N–H and O–H groups in total. The van der Waals surface area contributed by atoms with E-state index >= 15 is 0 Å². The number of para-hydroxylation sites is 1. The maximum Gasteiger partial charge on any atom is 0.340 e. The second kappa shape index (κ2) is 5.90. The normalized spacial score (nSPS) is 10.6. The molecule has 0 amide bonds. The fourth-order valence-corrected chi connectivity index (χ4v) is 2.35. The highest BCUT2D eigenvalue weighted by atomic mass is 16.5. The van der Waals surface area contributed by atoms with Crippen LogP contribution in [-0.4, -0.2) is 11.0 Å². The number of hydrogen-bond acceptors (Lipinski definition) is 2. The lowest BCUT2D eigenvalue weighted by Crippen LogP contribution is -2.04. The number of fused-ring (bicyclic) bond motifs is 1. The number of ether oxygens (including phenoxy) is 1. The first kappa shape index (κ1) is 14.1. The van der Waals surface area contributed by atoms with Gasteiger partial charge in [-0.15, -0.1) is 0 Å². The molecule has 3 rings (SSSR count). The van der Waals surface area contributed by atoms with Gasteiger partial charge in [-0.3, -0.25) is 0 Å². The molecule has 2 aromatic carbocycles. The average molecular weight is 291 g/mol. The van der Waals surface area contributed by atoms with E-state index in [-0.39, 0.29) is 12.6 Å². The van der Waals surface area contributed by atoms with Gasteiger partial charge < -0.3 is 9.72 Å². The molecule has 3 aromatic rings. The third kappa shape index (κ3) is 2.79. The number of hydrogen-bond donors (Lipinski definition) is 1. The molecule has 0 unspecified atom stereocenters. The van der Waals surface area contributed by atoms with E-state index in [1.807, 2.05) is 55.5 Å². The van der Waals surface area contributed by atoms with Crippen molar-refractivity contribution in [3.05, 3.63) is 78.0 Å². The van der Waals surface area contributed by atoms with Gasteiger partial charge in [0.05, 0.1) is 5.56 Å². The van der Waals surface area contributed by atoms with Crippen LogP contribution in [0.2, 0.25) is 0 Å². The largest absolute Gasteiger partial charge is 0.457 e. The molecular weight excluding hydrogens is 274 g/mol. The molecule has 0 radical (unpaired) electrons. The van der Waals surface area contributed by atoms with Crippen molar-refractivity contribution in [2.75, 3.05) is 0 Å². The molecule has 1 heterocycles. The minimum absolute atomic E-state index is 0.259. The van der Waals surface area contributed by atoms with Crippen LogP contribution in [0.25, 0.3) is 16.5 Å². The van der Waals surface area contributed by atoms with Gasteiger partial charge in [-0.25, -0.2) is 4.79 Å². The van der Waals surface area contributed by atoms with Gasteiger partial charge in [-0.05, 0) is 24.1 Å². The van der Waals surface area contributed by atoms with E-state index in [9.17, 15) is 4.79 Å². The maximum atomic E-state index is 12.2. The lowest BCUT2D eigenvalue weighted by atomic mass is 10.1. The van der Waals surface area contributed by atoms with Crippen LogP contribution >= 0.6 is 0 Å². The van der Waals surface area contributed by atoms with Gasteiger partial charge in [0.1, 0.15) is 6.61 Å². The summed E-state index contributed by atoms with van der Waals surface area (Å²) in [6, 6.07) is 15.5. The maximum absolute atomic E-state index is 12.2. The third-order valence-electron chi connectivity index (χ3n) is 3.63. The number of nitrogens with one attached hydrogen (secondary N) is 1. The molecule has 0 bridgehead atoms. The number of carbonyl (C=O) groups is 1. The standard InChI is InChI=1S/C19H17NO2/c1-13(2)15-9-7-14(8-10-15)12-22-19(21)17-11-20-18-6-4-3-5-16(17)18/h3-11,20H,1,12H2,2H3. The molecule has 110 valence electrons. The molecule has 0 saturated heterocycles. The molecule has 0 aliphatic rings. The fourth-order valence-electron chi connectivity index (χ4n) is 2.35. The summed E-state index contributed by atoms with van der Waals surface area (Å²) in [6.45, 7) is 6.13. The third-order valence-corrected chi connectivity index (χ3v) is 3.63. The van der Waals surface area contributed by atoms with E-state index < -0.39 is 0 Å². The summed E-state index contributed by atoms with van der Waals surface area (Å²) in [5, 5.41) is 0.880. The number of H-pyrrole nitrogens is 1. The van der Waals surface area contributed by atoms with Gasteiger partial charge in [0.15, 0.2) is 0 Å². The molecule has 0 fully saturated rings. The van der Waals surface area contributed by atoms with Crippen molar-refractivity contribution in [1.82, 2.24) is 4.98 Å². The van der Waals surface area contributed by atoms with Crippen molar-refractivity contribution in [3.8, 4) is 0 Å². The SMILES string of the molecule is C=C(C)c1ccc(COC(=O)c2c[nH]c3ccccc23)cc1. The van der Waals surface area contributed by atoms with E-state index in [4.69, 9.17) is 4.74 Å². The van der Waals surface area contributed by atoms with Crippen LogP contribution in [0.15, 0.2) is 61.3 Å². The molecule has 3 heteroatoms. The molecule has 0 spiro atoms. The highest BCUT2D eigenvalue weighted by molar-refractivity contribution is 6.03. The summed E-state index contributed by atoms with van der Waals surface area (Å²) in [6.07, 6.45) is 1.69. The molecule has 1 aromatic heterocycles. The number of carbonyl (C=O) groups excluding carboxylic acids is 1. The molecule has 0 atom stereocenters. The Labute approximate surface area is 129 Å². The predicted octanol–water partition coefficient (Wildman–Crippen LogP) is 4.56. The summed E-state index contributed by atoms with van der Waals surface area (Å²) in [7, 11) is 0. The van der Waals surface area contributed by atoms with E-state index in [1.54, 1.807) is 6.20 Å². The van der Waals surface area contributed by atoms with Gasteiger partial charge in [0.2, 0.25) is 0 Å². The Balaban J connectivity index is 1.71. The van der Waals surface area contributed by atoms with E-state index in [0.717, 1.165) is 27.6 Å². The Morgan fingerprint density at radius 3 is 2.59 bits per heavy atom. The van der Waals surface area contributed by atoms with Crippen LogP contribution < -0.4 is 0 Å². The van der Waals surface area contributed by atoms with E-state index in [2.05, 4.69) is 11.6 Å². The Morgan fingerprint density at radius 1 is 1.14 bits per heavy atom. The average Bonchev–Trinajstić information content (AvgIpc) is 2.97. The van der Waals surface area contributed by atoms with Crippen LogP contribution in [0.5, 0.6) is 0 Å². The zero-order chi connectivity index (χ0) is 15.5. The minimum Gasteiger partial charge on any atom is -0.457 e. The minimum atomic E-state index is -0.318. The van der Waals surface area contributed by atoms with Crippen molar-refractivity contribution >= 4 is 22.4 Å². The zero-order valence-corrected chi connectivity index (χ0v) is 12.4. The van der Waals surface area contributed by atoms with Crippen LogP contribution in [0, 0.1) is 0 Å². The van der Waals surface area contributed by atoms with Gasteiger partial charge in [-0.2, -0.15) is 0 Å². The number of aromatic amines is 1. The summed E-state index contributed by atoms with van der Waals surface area (Å²) in [4.78, 5) is 15.3.